The number of hydrogen-bond donors (Lipinski definition) is 0. The van der Waals surface area contributed by atoms with Crippen LogP contribution in [0.2, 0.25) is 0 Å². The highest BCUT2D eigenvalue weighted by Gasteiger charge is 2.45. The Hall–Kier alpha value is -2.18. The Balaban J connectivity index is 2.46. The van der Waals surface area contributed by atoms with Crippen molar-refractivity contribution in [2.24, 2.45) is 0 Å². The molecule has 7 nitrogen and oxygen atoms in total. The summed E-state index contributed by atoms with van der Waals surface area (Å²) in [6.07, 6.45) is -1.22. The molecule has 1 aromatic rings. The number of hydrazine groups is 1. The third-order valence-electron chi connectivity index (χ3n) is 2.34. The molecule has 1 aliphatic rings. The summed E-state index contributed by atoms with van der Waals surface area (Å²) in [5, 5.41) is 21.2. The average Bonchev–Trinajstić information content (AvgIpc) is 2.56. The second-order valence-electron chi connectivity index (χ2n) is 3.18. The van der Waals surface area contributed by atoms with Crippen molar-refractivity contribution in [3.05, 3.63) is 50.1 Å². The van der Waals surface area contributed by atoms with Gasteiger partial charge in [-0.3, -0.25) is 10.1 Å². The maximum atomic E-state index is 10.7. The number of para-hydroxylation sites is 1. The second-order valence-corrected chi connectivity index (χ2v) is 3.18. The molecule has 0 saturated heterocycles. The normalized spacial score (nSPS) is 18.7. The molecule has 0 saturated carbocycles. The second kappa shape index (κ2) is 3.19. The fraction of sp³-hybridized carbons (Fsp3) is 0.250. The van der Waals surface area contributed by atoms with Crippen molar-refractivity contribution < 1.29 is 9.96 Å². The Bertz CT molecular complexity index is 434. The van der Waals surface area contributed by atoms with Gasteiger partial charge in [-0.1, -0.05) is 18.2 Å². The van der Waals surface area contributed by atoms with Gasteiger partial charge in [0.1, 0.15) is 5.69 Å². The number of anilines is 1. The van der Waals surface area contributed by atoms with E-state index < -0.39 is 16.1 Å². The van der Waals surface area contributed by atoms with Crippen LogP contribution in [0.15, 0.2) is 24.3 Å². The van der Waals surface area contributed by atoms with Crippen molar-refractivity contribution in [3.8, 4) is 0 Å². The summed E-state index contributed by atoms with van der Waals surface area (Å²) >= 11 is 0. The van der Waals surface area contributed by atoms with Gasteiger partial charge in [0.05, 0.1) is 11.3 Å². The molecule has 1 aliphatic heterocycles. The molecule has 1 heterocycles. The van der Waals surface area contributed by atoms with Crippen LogP contribution in [0.5, 0.6) is 0 Å². The standard InChI is InChI=1S/C8H7N3O4/c12-10(13)8-5-6-3-1-2-4-7(6)9(8)11(14)15/h1-4,8H,5H2. The lowest BCUT2D eigenvalue weighted by Gasteiger charge is -2.09. The molecular formula is C8H7N3O4. The summed E-state index contributed by atoms with van der Waals surface area (Å²) in [6.45, 7) is 0. The van der Waals surface area contributed by atoms with Gasteiger partial charge in [-0.2, -0.15) is 0 Å². The van der Waals surface area contributed by atoms with Crippen molar-refractivity contribution in [3.63, 3.8) is 0 Å². The van der Waals surface area contributed by atoms with Crippen LogP contribution in [0.1, 0.15) is 5.56 Å². The molecule has 2 rings (SSSR count). The number of nitrogens with zero attached hydrogens (tertiary/aromatic N) is 3. The van der Waals surface area contributed by atoms with Crippen LogP contribution in [0, 0.1) is 20.2 Å². The molecule has 0 N–H and O–H groups in total. The van der Waals surface area contributed by atoms with Gasteiger partial charge >= 0.3 is 6.17 Å². The minimum Gasteiger partial charge on any atom is -0.262 e. The number of fused-ring (bicyclic) bond motifs is 1. The smallest absolute Gasteiger partial charge is 0.262 e. The molecule has 0 spiro atoms. The van der Waals surface area contributed by atoms with Crippen LogP contribution in [0.4, 0.5) is 5.69 Å². The van der Waals surface area contributed by atoms with E-state index in [1.807, 2.05) is 0 Å². The van der Waals surface area contributed by atoms with E-state index in [1.165, 1.54) is 6.07 Å². The van der Waals surface area contributed by atoms with Crippen LogP contribution in [-0.2, 0) is 6.42 Å². The van der Waals surface area contributed by atoms with Crippen molar-refractivity contribution in [2.75, 3.05) is 5.01 Å². The SMILES string of the molecule is O=[N+]([O-])C1Cc2ccccc2N1[N+](=O)[O-]. The van der Waals surface area contributed by atoms with Gasteiger partial charge < -0.3 is 0 Å². The van der Waals surface area contributed by atoms with Gasteiger partial charge in [0, 0.05) is 0 Å². The molecule has 0 aromatic heterocycles. The van der Waals surface area contributed by atoms with Crippen LogP contribution in [0.3, 0.4) is 0 Å². The lowest BCUT2D eigenvalue weighted by atomic mass is 10.2. The van der Waals surface area contributed by atoms with E-state index >= 15 is 0 Å². The summed E-state index contributed by atoms with van der Waals surface area (Å²) in [6, 6.07) is 6.51. The summed E-state index contributed by atoms with van der Waals surface area (Å²) in [5.41, 5.74) is 0.945. The molecule has 1 atom stereocenters. The Labute approximate surface area is 84.2 Å². The molecular weight excluding hydrogens is 202 g/mol. The molecule has 7 heteroatoms. The summed E-state index contributed by atoms with van der Waals surface area (Å²) in [4.78, 5) is 20.7. The fourth-order valence-corrected chi connectivity index (χ4v) is 1.71. The maximum Gasteiger partial charge on any atom is 0.345 e. The van der Waals surface area contributed by atoms with Crippen molar-refractivity contribution in [2.45, 2.75) is 12.6 Å². The molecule has 0 fully saturated rings. The fourth-order valence-electron chi connectivity index (χ4n) is 1.71. The van der Waals surface area contributed by atoms with Crippen molar-refractivity contribution >= 4 is 5.69 Å². The topological polar surface area (TPSA) is 89.5 Å². The highest BCUT2D eigenvalue weighted by atomic mass is 16.7. The first-order chi connectivity index (χ1) is 7.11. The number of benzene rings is 1. The number of rotatable bonds is 2. The highest BCUT2D eigenvalue weighted by Crippen LogP contribution is 2.31. The highest BCUT2D eigenvalue weighted by molar-refractivity contribution is 5.56. The van der Waals surface area contributed by atoms with Crippen LogP contribution in [-0.4, -0.2) is 16.1 Å². The Morgan fingerprint density at radius 1 is 1.27 bits per heavy atom. The van der Waals surface area contributed by atoms with E-state index in [0.717, 1.165) is 0 Å². The molecule has 1 aromatic carbocycles. The lowest BCUT2D eigenvalue weighted by Crippen LogP contribution is -2.42. The van der Waals surface area contributed by atoms with Gasteiger partial charge in [-0.25, -0.2) is 10.1 Å². The Morgan fingerprint density at radius 2 is 1.93 bits per heavy atom. The third kappa shape index (κ3) is 1.37. The first-order valence-electron chi connectivity index (χ1n) is 4.26. The third-order valence-corrected chi connectivity index (χ3v) is 2.34. The summed E-state index contributed by atoms with van der Waals surface area (Å²) < 4.78 is 0. The van der Waals surface area contributed by atoms with E-state index in [9.17, 15) is 20.2 Å². The summed E-state index contributed by atoms with van der Waals surface area (Å²) in [5.74, 6) is 0. The van der Waals surface area contributed by atoms with Crippen molar-refractivity contribution in [1.82, 2.24) is 0 Å². The maximum absolute atomic E-state index is 10.7. The van der Waals surface area contributed by atoms with E-state index in [-0.39, 0.29) is 6.42 Å². The van der Waals surface area contributed by atoms with Gasteiger partial charge in [0.2, 0.25) is 0 Å². The number of hydrogen-bond acceptors (Lipinski definition) is 4. The van der Waals surface area contributed by atoms with E-state index in [4.69, 9.17) is 0 Å². The van der Waals surface area contributed by atoms with E-state index in [2.05, 4.69) is 0 Å². The quantitative estimate of drug-likeness (QED) is 0.531. The first-order valence-corrected chi connectivity index (χ1v) is 4.26. The predicted molar refractivity (Wildman–Crippen MR) is 50.4 cm³/mol. The zero-order valence-corrected chi connectivity index (χ0v) is 7.57. The number of nitro groups is 2. The monoisotopic (exact) mass is 209 g/mol. The minimum absolute atomic E-state index is 0.0736. The van der Waals surface area contributed by atoms with Gasteiger partial charge in [0.15, 0.2) is 5.03 Å². The largest absolute Gasteiger partial charge is 0.345 e. The van der Waals surface area contributed by atoms with Crippen LogP contribution in [0.25, 0.3) is 0 Å². The minimum atomic E-state index is -1.29. The molecule has 0 bridgehead atoms. The van der Waals surface area contributed by atoms with E-state index in [0.29, 0.717) is 16.3 Å². The Kier molecular flexibility index (Phi) is 2.00. The van der Waals surface area contributed by atoms with E-state index in [1.54, 1.807) is 18.2 Å². The molecule has 0 aliphatic carbocycles. The zero-order chi connectivity index (χ0) is 11.0. The van der Waals surface area contributed by atoms with Gasteiger partial charge in [0.25, 0.3) is 0 Å². The van der Waals surface area contributed by atoms with Crippen LogP contribution >= 0.6 is 0 Å². The van der Waals surface area contributed by atoms with Crippen molar-refractivity contribution in [1.29, 1.82) is 0 Å². The van der Waals surface area contributed by atoms with Gasteiger partial charge in [-0.15, -0.1) is 0 Å². The first kappa shape index (κ1) is 9.38. The summed E-state index contributed by atoms with van der Waals surface area (Å²) in [7, 11) is 0. The lowest BCUT2D eigenvalue weighted by molar-refractivity contribution is -0.596. The van der Waals surface area contributed by atoms with Crippen LogP contribution < -0.4 is 5.01 Å². The molecule has 15 heavy (non-hydrogen) atoms. The molecule has 0 radical (unpaired) electrons. The van der Waals surface area contributed by atoms with Gasteiger partial charge in [-0.05, 0) is 16.6 Å². The molecule has 78 valence electrons. The Morgan fingerprint density at radius 3 is 2.53 bits per heavy atom. The molecule has 1 unspecified atom stereocenters. The molecule has 0 amide bonds. The predicted octanol–water partition coefficient (Wildman–Crippen LogP) is 0.844. The zero-order valence-electron chi connectivity index (χ0n) is 7.57. The average molecular weight is 209 g/mol.